The van der Waals surface area contributed by atoms with Gasteiger partial charge in [-0.1, -0.05) is 25.7 Å². The van der Waals surface area contributed by atoms with Gasteiger partial charge in [0.1, 0.15) is 12.4 Å². The summed E-state index contributed by atoms with van der Waals surface area (Å²) < 4.78 is 10.8. The minimum absolute atomic E-state index is 0.489. The highest BCUT2D eigenvalue weighted by molar-refractivity contribution is 5.48. The molecule has 1 atom stereocenters. The third kappa shape index (κ3) is 4.19. The molecule has 1 unspecified atom stereocenters. The number of rotatable bonds is 7. The summed E-state index contributed by atoms with van der Waals surface area (Å²) in [5.41, 5.74) is 1.82. The summed E-state index contributed by atoms with van der Waals surface area (Å²) in [5.74, 6) is 1.14. The lowest BCUT2D eigenvalue weighted by Crippen LogP contribution is -2.08. The maximum atomic E-state index is 5.55. The van der Waals surface area contributed by atoms with Crippen molar-refractivity contribution >= 4 is 6.72 Å². The Kier molecular flexibility index (Phi) is 5.70. The van der Waals surface area contributed by atoms with Crippen LogP contribution in [-0.2, 0) is 9.47 Å². The molecule has 1 aliphatic carbocycles. The molecule has 3 heteroatoms. The molecule has 0 fully saturated rings. The van der Waals surface area contributed by atoms with Gasteiger partial charge >= 0.3 is 0 Å². The van der Waals surface area contributed by atoms with Gasteiger partial charge in [-0.2, -0.15) is 0 Å². The predicted molar refractivity (Wildman–Crippen MR) is 71.1 cm³/mol. The molecule has 0 aromatic carbocycles. The summed E-state index contributed by atoms with van der Waals surface area (Å²) in [6, 6.07) is 0. The highest BCUT2D eigenvalue weighted by Crippen LogP contribution is 2.28. The van der Waals surface area contributed by atoms with E-state index in [2.05, 4.69) is 37.4 Å². The molecule has 0 bridgehead atoms. The predicted octanol–water partition coefficient (Wildman–Crippen LogP) is 3.10. The van der Waals surface area contributed by atoms with Gasteiger partial charge in [0.15, 0.2) is 0 Å². The Hall–Kier alpha value is -1.35. The van der Waals surface area contributed by atoms with Crippen LogP contribution >= 0.6 is 0 Å². The van der Waals surface area contributed by atoms with E-state index in [4.69, 9.17) is 9.47 Å². The molecule has 1 aliphatic rings. The van der Waals surface area contributed by atoms with Crippen LogP contribution in [0.5, 0.6) is 0 Å². The lowest BCUT2D eigenvalue weighted by atomic mass is 9.95. The van der Waals surface area contributed by atoms with E-state index in [1.165, 1.54) is 0 Å². The van der Waals surface area contributed by atoms with E-state index in [0.717, 1.165) is 17.7 Å². The molecule has 0 aliphatic heterocycles. The molecular formula is C14H21NO2. The van der Waals surface area contributed by atoms with Crippen LogP contribution in [0.2, 0.25) is 0 Å². The summed E-state index contributed by atoms with van der Waals surface area (Å²) in [6.07, 6.45) is 5.20. The molecular weight excluding hydrogens is 214 g/mol. The van der Waals surface area contributed by atoms with E-state index in [-0.39, 0.29) is 0 Å². The topological polar surface area (TPSA) is 30.8 Å². The first kappa shape index (κ1) is 13.7. The van der Waals surface area contributed by atoms with Crippen LogP contribution in [0.3, 0.4) is 0 Å². The minimum Gasteiger partial charge on any atom is -0.491 e. The van der Waals surface area contributed by atoms with E-state index in [0.29, 0.717) is 31.5 Å². The molecule has 0 radical (unpaired) electrons. The van der Waals surface area contributed by atoms with Crippen molar-refractivity contribution in [3.63, 3.8) is 0 Å². The van der Waals surface area contributed by atoms with Gasteiger partial charge in [0, 0.05) is 12.2 Å². The Morgan fingerprint density at radius 3 is 2.94 bits per heavy atom. The first-order chi connectivity index (χ1) is 8.19. The van der Waals surface area contributed by atoms with E-state index in [1.54, 1.807) is 0 Å². The molecule has 1 rings (SSSR count). The highest BCUT2D eigenvalue weighted by Gasteiger charge is 2.15. The van der Waals surface area contributed by atoms with Crippen molar-refractivity contribution in [1.29, 1.82) is 0 Å². The van der Waals surface area contributed by atoms with Gasteiger partial charge < -0.3 is 9.47 Å². The Morgan fingerprint density at radius 2 is 2.29 bits per heavy atom. The third-order valence-electron chi connectivity index (χ3n) is 2.59. The molecule has 0 heterocycles. The summed E-state index contributed by atoms with van der Waals surface area (Å²) in [6.45, 7) is 13.4. The number of nitrogens with zero attached hydrogens (tertiary/aromatic N) is 1. The molecule has 0 aromatic heterocycles. The molecule has 0 N–H and O–H groups in total. The SMILES string of the molecule is C=NC1=CCC(C)C=C1C(=C)OCCOCC. The van der Waals surface area contributed by atoms with Gasteiger partial charge in [-0.3, -0.25) is 4.99 Å². The number of aliphatic imine (C=N–C) groups is 1. The number of hydrogen-bond donors (Lipinski definition) is 0. The number of ether oxygens (including phenoxy) is 2. The molecule has 0 aromatic rings. The van der Waals surface area contributed by atoms with Gasteiger partial charge in [0.05, 0.1) is 12.3 Å². The zero-order valence-electron chi connectivity index (χ0n) is 10.7. The van der Waals surface area contributed by atoms with Crippen LogP contribution in [0.4, 0.5) is 0 Å². The quantitative estimate of drug-likeness (QED) is 0.385. The molecule has 0 saturated carbocycles. The van der Waals surface area contributed by atoms with Crippen LogP contribution in [0.25, 0.3) is 0 Å². The summed E-state index contributed by atoms with van der Waals surface area (Å²) in [7, 11) is 0. The van der Waals surface area contributed by atoms with Crippen LogP contribution in [-0.4, -0.2) is 26.5 Å². The highest BCUT2D eigenvalue weighted by atomic mass is 16.5. The molecule has 0 saturated heterocycles. The monoisotopic (exact) mass is 235 g/mol. The second-order valence-corrected chi connectivity index (χ2v) is 4.01. The van der Waals surface area contributed by atoms with Gasteiger partial charge in [-0.25, -0.2) is 0 Å². The molecule has 0 spiro atoms. The van der Waals surface area contributed by atoms with Crippen molar-refractivity contribution in [3.8, 4) is 0 Å². The van der Waals surface area contributed by atoms with Crippen LogP contribution in [0.1, 0.15) is 20.3 Å². The standard InChI is InChI=1S/C14H21NO2/c1-5-16-8-9-17-12(3)13-10-11(2)6-7-14(13)15-4/h7,10-11H,3-6,8-9H2,1-2H3. The number of allylic oxidation sites excluding steroid dienone is 2. The van der Waals surface area contributed by atoms with Crippen molar-refractivity contribution < 1.29 is 9.47 Å². The van der Waals surface area contributed by atoms with E-state index >= 15 is 0 Å². The van der Waals surface area contributed by atoms with Gasteiger partial charge in [-0.05, 0) is 26.0 Å². The average molecular weight is 235 g/mol. The Labute approximate surface area is 104 Å². The minimum atomic E-state index is 0.489. The van der Waals surface area contributed by atoms with Gasteiger partial charge in [0.2, 0.25) is 0 Å². The lowest BCUT2D eigenvalue weighted by molar-refractivity contribution is 0.0859. The first-order valence-electron chi connectivity index (χ1n) is 5.98. The number of hydrogen-bond acceptors (Lipinski definition) is 3. The molecule has 94 valence electrons. The van der Waals surface area contributed by atoms with E-state index < -0.39 is 0 Å². The molecule has 17 heavy (non-hydrogen) atoms. The van der Waals surface area contributed by atoms with Crippen LogP contribution in [0.15, 0.2) is 40.8 Å². The second kappa shape index (κ2) is 7.07. The summed E-state index contributed by atoms with van der Waals surface area (Å²) >= 11 is 0. The summed E-state index contributed by atoms with van der Waals surface area (Å²) in [4.78, 5) is 4.00. The zero-order chi connectivity index (χ0) is 12.7. The Balaban J connectivity index is 2.54. The van der Waals surface area contributed by atoms with Crippen LogP contribution < -0.4 is 0 Å². The average Bonchev–Trinajstić information content (AvgIpc) is 2.34. The van der Waals surface area contributed by atoms with Crippen molar-refractivity contribution in [2.75, 3.05) is 19.8 Å². The fraction of sp³-hybridized carbons (Fsp3) is 0.500. The second-order valence-electron chi connectivity index (χ2n) is 4.01. The van der Waals surface area contributed by atoms with Gasteiger partial charge in [0.25, 0.3) is 0 Å². The fourth-order valence-corrected chi connectivity index (χ4v) is 1.68. The van der Waals surface area contributed by atoms with Gasteiger partial charge in [-0.15, -0.1) is 0 Å². The van der Waals surface area contributed by atoms with Crippen molar-refractivity contribution in [3.05, 3.63) is 35.8 Å². The largest absolute Gasteiger partial charge is 0.491 e. The summed E-state index contributed by atoms with van der Waals surface area (Å²) in [5, 5.41) is 0. The Morgan fingerprint density at radius 1 is 1.53 bits per heavy atom. The Bertz CT molecular complexity index is 342. The van der Waals surface area contributed by atoms with E-state index in [9.17, 15) is 0 Å². The van der Waals surface area contributed by atoms with E-state index in [1.807, 2.05) is 6.92 Å². The van der Waals surface area contributed by atoms with Crippen LogP contribution in [0, 0.1) is 5.92 Å². The molecule has 3 nitrogen and oxygen atoms in total. The normalized spacial score (nSPS) is 19.3. The maximum absolute atomic E-state index is 5.55. The smallest absolute Gasteiger partial charge is 0.121 e. The zero-order valence-corrected chi connectivity index (χ0v) is 10.7. The lowest BCUT2D eigenvalue weighted by Gasteiger charge is -2.18. The van der Waals surface area contributed by atoms with Crippen molar-refractivity contribution in [2.24, 2.45) is 10.9 Å². The third-order valence-corrected chi connectivity index (χ3v) is 2.59. The van der Waals surface area contributed by atoms with Crippen molar-refractivity contribution in [1.82, 2.24) is 0 Å². The fourth-order valence-electron chi connectivity index (χ4n) is 1.68. The van der Waals surface area contributed by atoms with Crippen molar-refractivity contribution in [2.45, 2.75) is 20.3 Å². The first-order valence-corrected chi connectivity index (χ1v) is 5.98. The molecule has 0 amide bonds. The maximum Gasteiger partial charge on any atom is 0.121 e.